The van der Waals surface area contributed by atoms with Crippen molar-refractivity contribution in [2.75, 3.05) is 26.8 Å². The van der Waals surface area contributed by atoms with E-state index in [1.165, 1.54) is 31.2 Å². The van der Waals surface area contributed by atoms with Gasteiger partial charge in [-0.1, -0.05) is 23.7 Å². The fraction of sp³-hybridized carbons (Fsp3) is 0.625. The monoisotopic (exact) mass is 279 g/mol. The van der Waals surface area contributed by atoms with E-state index in [2.05, 4.69) is 23.5 Å². The van der Waals surface area contributed by atoms with Gasteiger partial charge in [0.25, 0.3) is 0 Å². The van der Waals surface area contributed by atoms with Crippen LogP contribution in [0.15, 0.2) is 24.3 Å². The molecule has 1 aliphatic heterocycles. The van der Waals surface area contributed by atoms with Crippen molar-refractivity contribution in [1.29, 1.82) is 0 Å². The summed E-state index contributed by atoms with van der Waals surface area (Å²) in [6.45, 7) is 2.91. The molecule has 2 fully saturated rings. The molecule has 0 amide bonds. The average molecular weight is 280 g/mol. The highest BCUT2D eigenvalue weighted by atomic mass is 35.5. The summed E-state index contributed by atoms with van der Waals surface area (Å²) in [7, 11) is 2.04. The van der Waals surface area contributed by atoms with Crippen molar-refractivity contribution >= 4 is 11.6 Å². The molecule has 1 saturated carbocycles. The number of halogens is 1. The van der Waals surface area contributed by atoms with Crippen LogP contribution in [-0.4, -0.2) is 26.8 Å². The van der Waals surface area contributed by atoms with E-state index in [1.54, 1.807) is 0 Å². The summed E-state index contributed by atoms with van der Waals surface area (Å²) >= 11 is 6.17. The topological polar surface area (TPSA) is 21.3 Å². The molecule has 3 rings (SSSR count). The van der Waals surface area contributed by atoms with Gasteiger partial charge in [-0.3, -0.25) is 0 Å². The Morgan fingerprint density at radius 3 is 2.63 bits per heavy atom. The van der Waals surface area contributed by atoms with E-state index in [-0.39, 0.29) is 5.41 Å². The highest BCUT2D eigenvalue weighted by molar-refractivity contribution is 6.30. The number of nitrogens with one attached hydrogen (secondary N) is 1. The maximum Gasteiger partial charge on any atom is 0.0471 e. The summed E-state index contributed by atoms with van der Waals surface area (Å²) in [5, 5.41) is 4.22. The van der Waals surface area contributed by atoms with Crippen LogP contribution in [0.25, 0.3) is 0 Å². The quantitative estimate of drug-likeness (QED) is 0.916. The summed E-state index contributed by atoms with van der Waals surface area (Å²) in [6, 6.07) is 8.41. The molecular weight excluding hydrogens is 258 g/mol. The predicted octanol–water partition coefficient (Wildman–Crippen LogP) is 3.39. The zero-order valence-corrected chi connectivity index (χ0v) is 12.3. The van der Waals surface area contributed by atoms with Crippen molar-refractivity contribution in [2.24, 2.45) is 5.41 Å². The number of ether oxygens (including phenoxy) is 1. The van der Waals surface area contributed by atoms with Gasteiger partial charge in [-0.05, 0) is 55.8 Å². The lowest BCUT2D eigenvalue weighted by molar-refractivity contribution is -0.0732. The van der Waals surface area contributed by atoms with Gasteiger partial charge in [-0.15, -0.1) is 0 Å². The van der Waals surface area contributed by atoms with Crippen molar-refractivity contribution in [3.05, 3.63) is 34.9 Å². The Kier molecular flexibility index (Phi) is 3.59. The van der Waals surface area contributed by atoms with Gasteiger partial charge >= 0.3 is 0 Å². The molecule has 2 aliphatic rings. The zero-order chi connectivity index (χ0) is 13.3. The number of hydrogen-bond acceptors (Lipinski definition) is 2. The minimum absolute atomic E-state index is 0.275. The lowest BCUT2D eigenvalue weighted by Crippen LogP contribution is -2.56. The van der Waals surface area contributed by atoms with Gasteiger partial charge in [0.15, 0.2) is 0 Å². The van der Waals surface area contributed by atoms with Crippen LogP contribution in [-0.2, 0) is 10.2 Å². The van der Waals surface area contributed by atoms with Crippen molar-refractivity contribution in [1.82, 2.24) is 5.32 Å². The Balaban J connectivity index is 1.82. The molecule has 0 aromatic heterocycles. The number of hydrogen-bond donors (Lipinski definition) is 1. The summed E-state index contributed by atoms with van der Waals surface area (Å²) in [6.07, 6.45) is 4.98. The third-order valence-electron chi connectivity index (χ3n) is 4.93. The predicted molar refractivity (Wildman–Crippen MR) is 78.8 cm³/mol. The highest BCUT2D eigenvalue weighted by Gasteiger charge is 2.54. The Labute approximate surface area is 120 Å². The maximum atomic E-state index is 6.17. The molecule has 2 nitrogen and oxygen atoms in total. The molecule has 0 unspecified atom stereocenters. The van der Waals surface area contributed by atoms with Gasteiger partial charge in [0, 0.05) is 30.2 Å². The first-order chi connectivity index (χ1) is 9.18. The van der Waals surface area contributed by atoms with Gasteiger partial charge in [-0.25, -0.2) is 0 Å². The van der Waals surface area contributed by atoms with E-state index in [0.717, 1.165) is 24.8 Å². The summed E-state index contributed by atoms with van der Waals surface area (Å²) < 4.78 is 5.52. The summed E-state index contributed by atoms with van der Waals surface area (Å²) in [4.78, 5) is 0. The minimum atomic E-state index is 0.275. The first-order valence-electron chi connectivity index (χ1n) is 7.17. The van der Waals surface area contributed by atoms with E-state index in [1.807, 2.05) is 13.1 Å². The normalized spacial score (nSPS) is 24.1. The van der Waals surface area contributed by atoms with Crippen LogP contribution in [0.3, 0.4) is 0 Å². The average Bonchev–Trinajstić information content (AvgIpc) is 2.38. The largest absolute Gasteiger partial charge is 0.381 e. The van der Waals surface area contributed by atoms with Crippen molar-refractivity contribution < 1.29 is 4.74 Å². The number of likely N-dealkylation sites (N-methyl/N-ethyl adjacent to an activating group) is 1. The van der Waals surface area contributed by atoms with Gasteiger partial charge < -0.3 is 10.1 Å². The summed E-state index contributed by atoms with van der Waals surface area (Å²) in [5.74, 6) is 0. The van der Waals surface area contributed by atoms with Gasteiger partial charge in [0.2, 0.25) is 0 Å². The molecular formula is C16H22ClNO. The fourth-order valence-electron chi connectivity index (χ4n) is 4.13. The third-order valence-corrected chi connectivity index (χ3v) is 5.17. The smallest absolute Gasteiger partial charge is 0.0471 e. The lowest BCUT2D eigenvalue weighted by Gasteiger charge is -2.58. The van der Waals surface area contributed by atoms with E-state index in [4.69, 9.17) is 16.3 Å². The molecule has 1 heterocycles. The molecule has 0 bridgehead atoms. The molecule has 1 aliphatic carbocycles. The Morgan fingerprint density at radius 2 is 2.00 bits per heavy atom. The lowest BCUT2D eigenvalue weighted by atomic mass is 9.48. The highest BCUT2D eigenvalue weighted by Crippen LogP contribution is 2.60. The van der Waals surface area contributed by atoms with Gasteiger partial charge in [0.05, 0.1) is 0 Å². The molecule has 1 spiro atoms. The van der Waals surface area contributed by atoms with Crippen LogP contribution in [0.1, 0.15) is 31.2 Å². The Bertz CT molecular complexity index is 446. The molecule has 3 heteroatoms. The van der Waals surface area contributed by atoms with Crippen molar-refractivity contribution in [3.63, 3.8) is 0 Å². The number of rotatable bonds is 3. The molecule has 104 valence electrons. The first kappa shape index (κ1) is 13.4. The Morgan fingerprint density at radius 1 is 1.26 bits per heavy atom. The molecule has 0 radical (unpaired) electrons. The SMILES string of the molecule is CNCC1(c2cccc(Cl)c2)CC2(CCOCC2)C1. The molecule has 1 N–H and O–H groups in total. The summed E-state index contributed by atoms with van der Waals surface area (Å²) in [5.41, 5.74) is 2.19. The van der Waals surface area contributed by atoms with Crippen LogP contribution in [0.5, 0.6) is 0 Å². The maximum absolute atomic E-state index is 6.17. The first-order valence-corrected chi connectivity index (χ1v) is 7.54. The van der Waals surface area contributed by atoms with Gasteiger partial charge in [0.1, 0.15) is 0 Å². The minimum Gasteiger partial charge on any atom is -0.381 e. The molecule has 1 aromatic carbocycles. The molecule has 19 heavy (non-hydrogen) atoms. The van der Waals surface area contributed by atoms with Crippen molar-refractivity contribution in [3.8, 4) is 0 Å². The van der Waals surface area contributed by atoms with E-state index in [0.29, 0.717) is 5.41 Å². The second-order valence-corrected chi connectivity index (χ2v) is 6.72. The second kappa shape index (κ2) is 5.08. The van der Waals surface area contributed by atoms with Crippen LogP contribution < -0.4 is 5.32 Å². The zero-order valence-electron chi connectivity index (χ0n) is 11.5. The second-order valence-electron chi connectivity index (χ2n) is 6.29. The van der Waals surface area contributed by atoms with Crippen LogP contribution in [0, 0.1) is 5.41 Å². The van der Waals surface area contributed by atoms with Crippen molar-refractivity contribution in [2.45, 2.75) is 31.1 Å². The van der Waals surface area contributed by atoms with Crippen LogP contribution >= 0.6 is 11.6 Å². The molecule has 1 aromatic rings. The van der Waals surface area contributed by atoms with E-state index < -0.39 is 0 Å². The van der Waals surface area contributed by atoms with Crippen LogP contribution in [0.4, 0.5) is 0 Å². The fourth-order valence-corrected chi connectivity index (χ4v) is 4.32. The van der Waals surface area contributed by atoms with E-state index >= 15 is 0 Å². The standard InChI is InChI=1S/C16H22ClNO/c1-18-12-16(13-3-2-4-14(17)9-13)10-15(11-16)5-7-19-8-6-15/h2-4,9,18H,5-8,10-12H2,1H3. The van der Waals surface area contributed by atoms with Crippen LogP contribution in [0.2, 0.25) is 5.02 Å². The molecule has 1 saturated heterocycles. The molecule has 0 atom stereocenters. The number of benzene rings is 1. The third kappa shape index (κ3) is 2.42. The van der Waals surface area contributed by atoms with Gasteiger partial charge in [-0.2, -0.15) is 0 Å². The van der Waals surface area contributed by atoms with E-state index in [9.17, 15) is 0 Å². The Hall–Kier alpha value is -0.570.